The van der Waals surface area contributed by atoms with Crippen molar-refractivity contribution in [3.8, 4) is 0 Å². The number of likely N-dealkylation sites (tertiary alicyclic amines) is 1. The minimum absolute atomic E-state index is 0.0524. The predicted octanol–water partition coefficient (Wildman–Crippen LogP) is 4.10. The van der Waals surface area contributed by atoms with Crippen molar-refractivity contribution < 1.29 is 19.1 Å². The second kappa shape index (κ2) is 7.10. The average Bonchev–Trinajstić information content (AvgIpc) is 2.98. The number of rotatable bonds is 2. The van der Waals surface area contributed by atoms with Crippen molar-refractivity contribution in [2.24, 2.45) is 5.92 Å². The second-order valence-corrected chi connectivity index (χ2v) is 8.59. The van der Waals surface area contributed by atoms with E-state index in [2.05, 4.69) is 21.2 Å². The molecule has 1 amide bonds. The smallest absolute Gasteiger partial charge is 0.410 e. The van der Waals surface area contributed by atoms with Crippen molar-refractivity contribution in [3.05, 3.63) is 28.2 Å². The van der Waals surface area contributed by atoms with E-state index < -0.39 is 11.6 Å². The normalized spacial score (nSPS) is 24.3. The quantitative estimate of drug-likeness (QED) is 0.723. The lowest BCUT2D eigenvalue weighted by Crippen LogP contribution is -2.46. The minimum atomic E-state index is -0.567. The van der Waals surface area contributed by atoms with Crippen LogP contribution >= 0.6 is 15.9 Å². The molecule has 2 aliphatic rings. The second-order valence-electron chi connectivity index (χ2n) is 7.68. The molecule has 3 atom stereocenters. The monoisotopic (exact) mass is 424 g/mol. The summed E-state index contributed by atoms with van der Waals surface area (Å²) in [5.74, 6) is -0.328. The third-order valence-electron chi connectivity index (χ3n) is 4.68. The van der Waals surface area contributed by atoms with E-state index in [0.29, 0.717) is 19.6 Å². The lowest BCUT2D eigenvalue weighted by Gasteiger charge is -2.38. The summed E-state index contributed by atoms with van der Waals surface area (Å²) in [6, 6.07) is 5.16. The van der Waals surface area contributed by atoms with Crippen molar-refractivity contribution in [1.82, 2.24) is 4.90 Å². The molecular formula is C19H25BrN2O4. The number of halogens is 1. The lowest BCUT2D eigenvalue weighted by atomic mass is 9.83. The molecule has 0 aromatic heterocycles. The molecule has 1 aromatic rings. The van der Waals surface area contributed by atoms with E-state index in [1.165, 1.54) is 0 Å². The van der Waals surface area contributed by atoms with Gasteiger partial charge in [-0.15, -0.1) is 0 Å². The maximum Gasteiger partial charge on any atom is 0.410 e. The van der Waals surface area contributed by atoms with Crippen LogP contribution in [0.1, 0.15) is 45.7 Å². The zero-order valence-corrected chi connectivity index (χ0v) is 17.1. The van der Waals surface area contributed by atoms with Gasteiger partial charge in [0.1, 0.15) is 11.6 Å². The van der Waals surface area contributed by atoms with Gasteiger partial charge in [-0.25, -0.2) is 9.59 Å². The van der Waals surface area contributed by atoms with E-state index in [1.54, 1.807) is 11.8 Å². The van der Waals surface area contributed by atoms with Gasteiger partial charge in [-0.05, 0) is 57.9 Å². The Bertz CT molecular complexity index is 716. The van der Waals surface area contributed by atoms with Crippen LogP contribution in [0.2, 0.25) is 0 Å². The highest BCUT2D eigenvalue weighted by atomic mass is 79.9. The molecule has 2 aliphatic heterocycles. The Labute approximate surface area is 162 Å². The topological polar surface area (TPSA) is 67.9 Å². The Morgan fingerprint density at radius 2 is 2.08 bits per heavy atom. The lowest BCUT2D eigenvalue weighted by molar-refractivity contribution is -0.145. The highest BCUT2D eigenvalue weighted by molar-refractivity contribution is 9.10. The Kier molecular flexibility index (Phi) is 5.19. The first kappa shape index (κ1) is 19.0. The third-order valence-corrected chi connectivity index (χ3v) is 5.18. The first-order chi connectivity index (χ1) is 12.2. The van der Waals surface area contributed by atoms with Crippen LogP contribution in [0.4, 0.5) is 10.5 Å². The van der Waals surface area contributed by atoms with Gasteiger partial charge in [0, 0.05) is 22.6 Å². The van der Waals surface area contributed by atoms with E-state index in [9.17, 15) is 9.59 Å². The van der Waals surface area contributed by atoms with E-state index in [-0.39, 0.29) is 24.0 Å². The number of hydrogen-bond donors (Lipinski definition) is 1. The molecule has 0 aliphatic carbocycles. The first-order valence-electron chi connectivity index (χ1n) is 8.93. The van der Waals surface area contributed by atoms with Gasteiger partial charge in [-0.3, -0.25) is 0 Å². The van der Waals surface area contributed by atoms with Gasteiger partial charge in [0.15, 0.2) is 0 Å². The summed E-state index contributed by atoms with van der Waals surface area (Å²) in [5.41, 5.74) is 1.28. The number of carbonyl (C=O) groups excluding carboxylic acids is 2. The number of carbonyl (C=O) groups is 2. The maximum atomic E-state index is 12.8. The highest BCUT2D eigenvalue weighted by Gasteiger charge is 2.49. The summed E-state index contributed by atoms with van der Waals surface area (Å²) in [5, 5.41) is 3.31. The summed E-state index contributed by atoms with van der Waals surface area (Å²) in [7, 11) is 0. The molecule has 1 N–H and O–H groups in total. The fourth-order valence-electron chi connectivity index (χ4n) is 3.74. The minimum Gasteiger partial charge on any atom is -0.464 e. The van der Waals surface area contributed by atoms with Gasteiger partial charge in [0.25, 0.3) is 0 Å². The van der Waals surface area contributed by atoms with Gasteiger partial charge in [-0.1, -0.05) is 15.9 Å². The molecule has 1 fully saturated rings. The largest absolute Gasteiger partial charge is 0.464 e. The van der Waals surface area contributed by atoms with Gasteiger partial charge in [-0.2, -0.15) is 0 Å². The number of nitrogens with zero attached hydrogens (tertiary/aromatic N) is 1. The molecular weight excluding hydrogens is 400 g/mol. The van der Waals surface area contributed by atoms with Crippen molar-refractivity contribution in [3.63, 3.8) is 0 Å². The SMILES string of the molecule is CCOC(=O)[C@@H]1Nc2ccc(Br)cc2[C@H]2[C@@H]1CCN2C(=O)OC(C)(C)C. The number of amides is 1. The molecule has 6 nitrogen and oxygen atoms in total. The molecule has 0 saturated carbocycles. The Hall–Kier alpha value is -1.76. The first-order valence-corrected chi connectivity index (χ1v) is 9.73. The van der Waals surface area contributed by atoms with Crippen molar-refractivity contribution in [1.29, 1.82) is 0 Å². The number of esters is 1. The molecule has 142 valence electrons. The van der Waals surface area contributed by atoms with E-state index in [0.717, 1.165) is 15.7 Å². The van der Waals surface area contributed by atoms with Crippen LogP contribution in [-0.2, 0) is 14.3 Å². The molecule has 26 heavy (non-hydrogen) atoms. The number of nitrogens with one attached hydrogen (secondary N) is 1. The fraction of sp³-hybridized carbons (Fsp3) is 0.579. The summed E-state index contributed by atoms with van der Waals surface area (Å²) >= 11 is 3.51. The van der Waals surface area contributed by atoms with Crippen LogP contribution in [-0.4, -0.2) is 41.8 Å². The number of benzene rings is 1. The van der Waals surface area contributed by atoms with E-state index >= 15 is 0 Å². The molecule has 1 saturated heterocycles. The van der Waals surface area contributed by atoms with Crippen LogP contribution in [0, 0.1) is 5.92 Å². The van der Waals surface area contributed by atoms with Crippen molar-refractivity contribution >= 4 is 33.7 Å². The van der Waals surface area contributed by atoms with Crippen molar-refractivity contribution in [2.45, 2.75) is 51.8 Å². The molecule has 0 bridgehead atoms. The maximum absolute atomic E-state index is 12.8. The molecule has 1 aromatic carbocycles. The predicted molar refractivity (Wildman–Crippen MR) is 102 cm³/mol. The van der Waals surface area contributed by atoms with Gasteiger partial charge < -0.3 is 19.7 Å². The van der Waals surface area contributed by atoms with Crippen LogP contribution in [0.25, 0.3) is 0 Å². The Morgan fingerprint density at radius 1 is 1.35 bits per heavy atom. The van der Waals surface area contributed by atoms with E-state index in [1.807, 2.05) is 39.0 Å². The standard InChI is InChI=1S/C19H25BrN2O4/c1-5-25-17(23)15-12-8-9-22(18(24)26-19(2,3)4)16(12)13-10-11(20)6-7-14(13)21-15/h6-7,10,12,15-16,21H,5,8-9H2,1-4H3/t12-,15-,16-/m1/s1. The van der Waals surface area contributed by atoms with Gasteiger partial charge in [0.05, 0.1) is 12.6 Å². The molecule has 0 unspecified atom stereocenters. The van der Waals surface area contributed by atoms with Crippen molar-refractivity contribution in [2.75, 3.05) is 18.5 Å². The zero-order valence-electron chi connectivity index (χ0n) is 15.5. The molecule has 2 heterocycles. The van der Waals surface area contributed by atoms with E-state index in [4.69, 9.17) is 9.47 Å². The average molecular weight is 425 g/mol. The third kappa shape index (κ3) is 3.68. The Balaban J connectivity index is 1.97. The summed E-state index contributed by atoms with van der Waals surface area (Å²) in [4.78, 5) is 27.0. The molecule has 0 spiro atoms. The number of hydrogen-bond acceptors (Lipinski definition) is 5. The summed E-state index contributed by atoms with van der Waals surface area (Å²) in [6.45, 7) is 8.24. The number of ether oxygens (including phenoxy) is 2. The highest BCUT2D eigenvalue weighted by Crippen LogP contribution is 2.47. The van der Waals surface area contributed by atoms with Crippen LogP contribution in [0.5, 0.6) is 0 Å². The van der Waals surface area contributed by atoms with Crippen LogP contribution in [0.15, 0.2) is 22.7 Å². The van der Waals surface area contributed by atoms with Crippen LogP contribution in [0.3, 0.4) is 0 Å². The number of anilines is 1. The molecule has 3 rings (SSSR count). The summed E-state index contributed by atoms with van der Waals surface area (Å²) < 4.78 is 11.8. The summed E-state index contributed by atoms with van der Waals surface area (Å²) in [6.07, 6.45) is 0.368. The fourth-order valence-corrected chi connectivity index (χ4v) is 4.12. The Morgan fingerprint density at radius 3 is 2.73 bits per heavy atom. The van der Waals surface area contributed by atoms with Gasteiger partial charge >= 0.3 is 12.1 Å². The zero-order chi connectivity index (χ0) is 19.1. The molecule has 0 radical (unpaired) electrons. The van der Waals surface area contributed by atoms with Crippen LogP contribution < -0.4 is 5.32 Å². The van der Waals surface area contributed by atoms with Gasteiger partial charge in [0.2, 0.25) is 0 Å². The number of fused-ring (bicyclic) bond motifs is 3. The molecule has 7 heteroatoms.